The Bertz CT molecular complexity index is 454. The highest BCUT2D eigenvalue weighted by molar-refractivity contribution is 6.74. The van der Waals surface area contributed by atoms with Crippen molar-refractivity contribution in [2.45, 2.75) is 90.2 Å². The van der Waals surface area contributed by atoms with Crippen molar-refractivity contribution < 1.29 is 23.4 Å². The van der Waals surface area contributed by atoms with Gasteiger partial charge in [0, 0.05) is 19.4 Å². The zero-order chi connectivity index (χ0) is 17.6. The molecule has 0 aromatic rings. The molecule has 2 rings (SSSR count). The van der Waals surface area contributed by atoms with Gasteiger partial charge in [0.25, 0.3) is 0 Å². The smallest absolute Gasteiger partial charge is 0.302 e. The lowest BCUT2D eigenvalue weighted by molar-refractivity contribution is -0.178. The molecule has 0 aromatic carbocycles. The first kappa shape index (κ1) is 18.9. The number of rotatable bonds is 4. The van der Waals surface area contributed by atoms with E-state index in [-0.39, 0.29) is 35.2 Å². The monoisotopic (exact) mass is 344 g/mol. The minimum Gasteiger partial charge on any atom is -0.460 e. The van der Waals surface area contributed by atoms with Crippen LogP contribution < -0.4 is 0 Å². The van der Waals surface area contributed by atoms with E-state index in [1.165, 1.54) is 6.92 Å². The number of esters is 1. The standard InChI is InChI=1S/C17H32O5Si/c1-11(18)20-13-9-12(10-19-23(7,8)16(2,3)4)14-15(13)22-17(5,6)21-14/h12-15H,9-10H2,1-8H3/t12-,13-,14-,15+/m1/s1. The summed E-state index contributed by atoms with van der Waals surface area (Å²) in [6.45, 7) is 17.1. The van der Waals surface area contributed by atoms with Gasteiger partial charge in [0.15, 0.2) is 14.1 Å². The van der Waals surface area contributed by atoms with E-state index >= 15 is 0 Å². The molecule has 0 amide bonds. The Labute approximate surface area is 141 Å². The van der Waals surface area contributed by atoms with E-state index in [1.807, 2.05) is 13.8 Å². The molecule has 0 aromatic heterocycles. The lowest BCUT2D eigenvalue weighted by Crippen LogP contribution is -2.43. The Morgan fingerprint density at radius 3 is 2.30 bits per heavy atom. The number of hydrogen-bond donors (Lipinski definition) is 0. The van der Waals surface area contributed by atoms with Gasteiger partial charge in [-0.15, -0.1) is 0 Å². The maximum Gasteiger partial charge on any atom is 0.302 e. The summed E-state index contributed by atoms with van der Waals surface area (Å²) in [5, 5.41) is 0.173. The lowest BCUT2D eigenvalue weighted by Gasteiger charge is -2.37. The predicted molar refractivity (Wildman–Crippen MR) is 90.6 cm³/mol. The van der Waals surface area contributed by atoms with Crippen molar-refractivity contribution in [3.63, 3.8) is 0 Å². The number of hydrogen-bond acceptors (Lipinski definition) is 5. The number of carbonyl (C=O) groups is 1. The summed E-state index contributed by atoms with van der Waals surface area (Å²) < 4.78 is 23.9. The molecule has 0 N–H and O–H groups in total. The fourth-order valence-electron chi connectivity index (χ4n) is 3.06. The second-order valence-corrected chi connectivity index (χ2v) is 13.6. The second-order valence-electron chi connectivity index (χ2n) is 8.78. The van der Waals surface area contributed by atoms with Crippen LogP contribution in [0.25, 0.3) is 0 Å². The van der Waals surface area contributed by atoms with Crippen molar-refractivity contribution in [3.8, 4) is 0 Å². The summed E-state index contributed by atoms with van der Waals surface area (Å²) >= 11 is 0. The fraction of sp³-hybridized carbons (Fsp3) is 0.941. The Balaban J connectivity index is 2.06. The second kappa shape index (κ2) is 6.13. The van der Waals surface area contributed by atoms with Gasteiger partial charge in [-0.2, -0.15) is 0 Å². The molecule has 0 spiro atoms. The van der Waals surface area contributed by atoms with Crippen LogP contribution in [0.3, 0.4) is 0 Å². The molecule has 134 valence electrons. The van der Waals surface area contributed by atoms with Gasteiger partial charge in [0.05, 0.1) is 6.10 Å². The van der Waals surface area contributed by atoms with E-state index in [0.717, 1.165) is 6.42 Å². The fourth-order valence-corrected chi connectivity index (χ4v) is 4.12. The quantitative estimate of drug-likeness (QED) is 0.577. The zero-order valence-electron chi connectivity index (χ0n) is 15.8. The molecule has 4 atom stereocenters. The van der Waals surface area contributed by atoms with Crippen LogP contribution in [0.5, 0.6) is 0 Å². The molecule has 1 heterocycles. The first-order chi connectivity index (χ1) is 10.3. The highest BCUT2D eigenvalue weighted by Crippen LogP contribution is 2.44. The van der Waals surface area contributed by atoms with Crippen LogP contribution in [-0.4, -0.2) is 45.0 Å². The van der Waals surface area contributed by atoms with E-state index in [1.54, 1.807) is 0 Å². The Morgan fingerprint density at radius 1 is 1.22 bits per heavy atom. The first-order valence-electron chi connectivity index (χ1n) is 8.49. The average Bonchev–Trinajstić information content (AvgIpc) is 2.80. The molecule has 0 bridgehead atoms. The molecule has 6 heteroatoms. The van der Waals surface area contributed by atoms with Crippen LogP contribution in [0.1, 0.15) is 48.0 Å². The van der Waals surface area contributed by atoms with E-state index in [0.29, 0.717) is 6.61 Å². The van der Waals surface area contributed by atoms with Gasteiger partial charge < -0.3 is 18.6 Å². The van der Waals surface area contributed by atoms with Crippen LogP contribution in [-0.2, 0) is 23.4 Å². The predicted octanol–water partition coefficient (Wildman–Crippen LogP) is 3.48. The molecule has 1 saturated carbocycles. The minimum atomic E-state index is -1.81. The molecule has 23 heavy (non-hydrogen) atoms. The van der Waals surface area contributed by atoms with Crippen LogP contribution >= 0.6 is 0 Å². The molecule has 2 aliphatic rings. The van der Waals surface area contributed by atoms with Crippen LogP contribution in [0.4, 0.5) is 0 Å². The van der Waals surface area contributed by atoms with Crippen LogP contribution in [0, 0.1) is 5.92 Å². The van der Waals surface area contributed by atoms with Crippen molar-refractivity contribution >= 4 is 14.3 Å². The third-order valence-corrected chi connectivity index (χ3v) is 9.81. The van der Waals surface area contributed by atoms with E-state index in [4.69, 9.17) is 18.6 Å². The van der Waals surface area contributed by atoms with E-state index in [9.17, 15) is 4.79 Å². The molecular weight excluding hydrogens is 312 g/mol. The number of ether oxygens (including phenoxy) is 3. The third kappa shape index (κ3) is 4.16. The molecule has 2 fully saturated rings. The summed E-state index contributed by atoms with van der Waals surface area (Å²) in [4.78, 5) is 11.4. The summed E-state index contributed by atoms with van der Waals surface area (Å²) in [7, 11) is -1.81. The summed E-state index contributed by atoms with van der Waals surface area (Å²) in [6, 6.07) is 0. The molecular formula is C17H32O5Si. The third-order valence-electron chi connectivity index (χ3n) is 5.31. The van der Waals surface area contributed by atoms with Gasteiger partial charge in [-0.25, -0.2) is 0 Å². The lowest BCUT2D eigenvalue weighted by atomic mass is 10.1. The van der Waals surface area contributed by atoms with E-state index < -0.39 is 14.1 Å². The highest BCUT2D eigenvalue weighted by atomic mass is 28.4. The molecule has 1 saturated heterocycles. The Morgan fingerprint density at radius 2 is 1.78 bits per heavy atom. The van der Waals surface area contributed by atoms with Crippen molar-refractivity contribution in [3.05, 3.63) is 0 Å². The van der Waals surface area contributed by atoms with Crippen LogP contribution in [0.15, 0.2) is 0 Å². The molecule has 1 aliphatic carbocycles. The van der Waals surface area contributed by atoms with Gasteiger partial charge in [-0.05, 0) is 38.4 Å². The maximum atomic E-state index is 11.4. The largest absolute Gasteiger partial charge is 0.460 e. The molecule has 0 unspecified atom stereocenters. The van der Waals surface area contributed by atoms with Gasteiger partial charge >= 0.3 is 5.97 Å². The van der Waals surface area contributed by atoms with Gasteiger partial charge in [-0.1, -0.05) is 20.8 Å². The van der Waals surface area contributed by atoms with Gasteiger partial charge in [0.2, 0.25) is 0 Å². The SMILES string of the molecule is CC(=O)O[C@@H]1C[C@H](CO[Si](C)(C)C(C)(C)C)[C@H]2OC(C)(C)O[C@H]21. The topological polar surface area (TPSA) is 54.0 Å². The summed E-state index contributed by atoms with van der Waals surface area (Å²) in [5.41, 5.74) is 0. The average molecular weight is 345 g/mol. The zero-order valence-corrected chi connectivity index (χ0v) is 16.8. The molecule has 5 nitrogen and oxygen atoms in total. The highest BCUT2D eigenvalue weighted by Gasteiger charge is 2.55. The Kier molecular flexibility index (Phi) is 5.04. The van der Waals surface area contributed by atoms with Gasteiger partial charge in [0.1, 0.15) is 12.2 Å². The first-order valence-corrected chi connectivity index (χ1v) is 11.4. The van der Waals surface area contributed by atoms with Crippen molar-refractivity contribution in [2.24, 2.45) is 5.92 Å². The van der Waals surface area contributed by atoms with Gasteiger partial charge in [-0.3, -0.25) is 4.79 Å². The summed E-state index contributed by atoms with van der Waals surface area (Å²) in [6.07, 6.45) is 0.230. The summed E-state index contributed by atoms with van der Waals surface area (Å²) in [5.74, 6) is -0.711. The van der Waals surface area contributed by atoms with Crippen molar-refractivity contribution in [1.29, 1.82) is 0 Å². The van der Waals surface area contributed by atoms with Crippen molar-refractivity contribution in [2.75, 3.05) is 6.61 Å². The normalized spacial score (nSPS) is 33.6. The van der Waals surface area contributed by atoms with E-state index in [2.05, 4.69) is 33.9 Å². The van der Waals surface area contributed by atoms with Crippen LogP contribution in [0.2, 0.25) is 18.1 Å². The molecule has 1 aliphatic heterocycles. The number of fused-ring (bicyclic) bond motifs is 1. The van der Waals surface area contributed by atoms with Crippen molar-refractivity contribution in [1.82, 2.24) is 0 Å². The Hall–Kier alpha value is -0.433. The minimum absolute atomic E-state index is 0.0703. The number of carbonyl (C=O) groups excluding carboxylic acids is 1. The molecule has 0 radical (unpaired) electrons. The maximum absolute atomic E-state index is 11.4.